The van der Waals surface area contributed by atoms with Gasteiger partial charge in [-0.3, -0.25) is 0 Å². The molecule has 0 N–H and O–H groups in total. The summed E-state index contributed by atoms with van der Waals surface area (Å²) in [6.45, 7) is 9.63. The highest BCUT2D eigenvalue weighted by atomic mass is 79.9. The van der Waals surface area contributed by atoms with E-state index in [1.165, 1.54) is 51.1 Å². The fourth-order valence-corrected chi connectivity index (χ4v) is 2.72. The highest BCUT2D eigenvalue weighted by Gasteiger charge is 2.15. The lowest BCUT2D eigenvalue weighted by Crippen LogP contribution is -3.00. The first-order valence-electron chi connectivity index (χ1n) is 5.86. The molecule has 0 fully saturated rings. The molecule has 0 spiro atoms. The summed E-state index contributed by atoms with van der Waals surface area (Å²) in [5.41, 5.74) is 0. The van der Waals surface area contributed by atoms with E-state index in [-0.39, 0.29) is 17.0 Å². The number of hydrogen-bond acceptors (Lipinski definition) is 0. The van der Waals surface area contributed by atoms with Crippen molar-refractivity contribution in [1.29, 1.82) is 0 Å². The molecular formula is C12H28BrP. The van der Waals surface area contributed by atoms with Crippen LogP contribution >= 0.6 is 7.26 Å². The first kappa shape index (κ1) is 17.3. The Bertz CT molecular complexity index is 107. The zero-order valence-corrected chi connectivity index (χ0v) is 13.0. The van der Waals surface area contributed by atoms with Gasteiger partial charge in [-0.2, -0.15) is 0 Å². The number of rotatable bonds is 8. The minimum absolute atomic E-state index is 0. The maximum atomic E-state index is 2.45. The van der Waals surface area contributed by atoms with Crippen LogP contribution in [0, 0.1) is 0 Å². The molecule has 0 aromatic carbocycles. The van der Waals surface area contributed by atoms with Crippen molar-refractivity contribution in [2.45, 2.75) is 51.9 Å². The van der Waals surface area contributed by atoms with Gasteiger partial charge in [-0.25, -0.2) is 0 Å². The lowest BCUT2D eigenvalue weighted by molar-refractivity contribution is -0.00000323. The second-order valence-corrected chi connectivity index (χ2v) is 10.2. The molecule has 0 bridgehead atoms. The van der Waals surface area contributed by atoms with Crippen LogP contribution in [0.15, 0.2) is 0 Å². The van der Waals surface area contributed by atoms with Crippen molar-refractivity contribution >= 4 is 7.26 Å². The Labute approximate surface area is 102 Å². The van der Waals surface area contributed by atoms with Crippen LogP contribution in [-0.2, 0) is 0 Å². The molecule has 88 valence electrons. The molecule has 0 saturated heterocycles. The second kappa shape index (κ2) is 10.4. The van der Waals surface area contributed by atoms with Gasteiger partial charge < -0.3 is 17.0 Å². The Balaban J connectivity index is 0. The normalized spacial score (nSPS) is 11.1. The van der Waals surface area contributed by atoms with Crippen molar-refractivity contribution in [1.82, 2.24) is 0 Å². The van der Waals surface area contributed by atoms with Crippen LogP contribution in [0.5, 0.6) is 0 Å². The third-order valence-corrected chi connectivity index (χ3v) is 4.09. The minimum Gasteiger partial charge on any atom is -1.00 e. The Morgan fingerprint density at radius 3 is 1.57 bits per heavy atom. The van der Waals surface area contributed by atoms with Gasteiger partial charge in [-0.05, 0) is 12.8 Å². The molecule has 0 rings (SSSR count). The predicted molar refractivity (Wildman–Crippen MR) is 67.6 cm³/mol. The van der Waals surface area contributed by atoms with Crippen molar-refractivity contribution in [3.63, 3.8) is 0 Å². The zero-order chi connectivity index (χ0) is 10.2. The largest absolute Gasteiger partial charge is 1.00 e. The number of hydrogen-bond donors (Lipinski definition) is 0. The molecule has 0 heterocycles. The van der Waals surface area contributed by atoms with Crippen molar-refractivity contribution < 1.29 is 17.0 Å². The lowest BCUT2D eigenvalue weighted by Gasteiger charge is -2.10. The standard InChI is InChI=1S/C12H28P.BrH/c1-5-6-7-8-9-10-11-12-13(2,3)4;/h5-12H2,1-4H3;1H/q+1;/p-1. The van der Waals surface area contributed by atoms with E-state index in [9.17, 15) is 0 Å². The van der Waals surface area contributed by atoms with Gasteiger partial charge >= 0.3 is 0 Å². The van der Waals surface area contributed by atoms with Crippen LogP contribution < -0.4 is 17.0 Å². The van der Waals surface area contributed by atoms with Gasteiger partial charge in [-0.1, -0.05) is 39.0 Å². The third kappa shape index (κ3) is 15.4. The predicted octanol–water partition coefficient (Wildman–Crippen LogP) is 1.65. The van der Waals surface area contributed by atoms with Crippen molar-refractivity contribution in [2.75, 3.05) is 26.2 Å². The topological polar surface area (TPSA) is 0 Å². The summed E-state index contributed by atoms with van der Waals surface area (Å²) in [4.78, 5) is 0. The maximum Gasteiger partial charge on any atom is 0.0586 e. The summed E-state index contributed by atoms with van der Waals surface area (Å²) in [7, 11) is -0.477. The average Bonchev–Trinajstić information content (AvgIpc) is 2.01. The van der Waals surface area contributed by atoms with E-state index in [0.29, 0.717) is 0 Å². The molecule has 0 nitrogen and oxygen atoms in total. The summed E-state index contributed by atoms with van der Waals surface area (Å²) in [6.07, 6.45) is 11.7. The SMILES string of the molecule is CCCCCCCCC[P+](C)(C)C.[Br-]. The Kier molecular flexibility index (Phi) is 12.9. The van der Waals surface area contributed by atoms with Crippen LogP contribution in [0.1, 0.15) is 51.9 Å². The average molecular weight is 283 g/mol. The molecule has 0 aromatic rings. The molecular weight excluding hydrogens is 255 g/mol. The molecule has 0 aromatic heterocycles. The lowest BCUT2D eigenvalue weighted by atomic mass is 10.1. The van der Waals surface area contributed by atoms with Crippen LogP contribution in [0.4, 0.5) is 0 Å². The van der Waals surface area contributed by atoms with E-state index in [1.807, 2.05) is 0 Å². The Morgan fingerprint density at radius 1 is 0.714 bits per heavy atom. The van der Waals surface area contributed by atoms with Crippen LogP contribution in [-0.4, -0.2) is 26.2 Å². The van der Waals surface area contributed by atoms with Crippen LogP contribution in [0.2, 0.25) is 0 Å². The van der Waals surface area contributed by atoms with Crippen LogP contribution in [0.25, 0.3) is 0 Å². The number of unbranched alkanes of at least 4 members (excludes halogenated alkanes) is 6. The van der Waals surface area contributed by atoms with E-state index in [1.54, 1.807) is 0 Å². The molecule has 0 radical (unpaired) electrons. The first-order chi connectivity index (χ1) is 6.06. The molecule has 14 heavy (non-hydrogen) atoms. The summed E-state index contributed by atoms with van der Waals surface area (Å²) in [5.74, 6) is 0. The molecule has 0 aliphatic rings. The van der Waals surface area contributed by atoms with Gasteiger partial charge in [0.15, 0.2) is 0 Å². The monoisotopic (exact) mass is 282 g/mol. The van der Waals surface area contributed by atoms with Gasteiger partial charge in [0.05, 0.1) is 6.16 Å². The summed E-state index contributed by atoms with van der Waals surface area (Å²) >= 11 is 0. The van der Waals surface area contributed by atoms with Crippen molar-refractivity contribution in [2.24, 2.45) is 0 Å². The van der Waals surface area contributed by atoms with Crippen molar-refractivity contribution in [3.05, 3.63) is 0 Å². The molecule has 0 aliphatic carbocycles. The Morgan fingerprint density at radius 2 is 1.14 bits per heavy atom. The molecule has 0 atom stereocenters. The van der Waals surface area contributed by atoms with E-state index >= 15 is 0 Å². The highest BCUT2D eigenvalue weighted by molar-refractivity contribution is 7.73. The summed E-state index contributed by atoms with van der Waals surface area (Å²) < 4.78 is 0. The Hall–Kier alpha value is 0.910. The number of halogens is 1. The van der Waals surface area contributed by atoms with E-state index < -0.39 is 7.26 Å². The summed E-state index contributed by atoms with van der Waals surface area (Å²) in [5, 5.41) is 0. The molecule has 0 unspecified atom stereocenters. The molecule has 2 heteroatoms. The fourth-order valence-electron chi connectivity index (χ4n) is 1.54. The van der Waals surface area contributed by atoms with Gasteiger partial charge in [0.2, 0.25) is 0 Å². The van der Waals surface area contributed by atoms with E-state index in [4.69, 9.17) is 0 Å². The van der Waals surface area contributed by atoms with Gasteiger partial charge in [-0.15, -0.1) is 0 Å². The minimum atomic E-state index is -0.477. The van der Waals surface area contributed by atoms with Gasteiger partial charge in [0.1, 0.15) is 0 Å². The van der Waals surface area contributed by atoms with E-state index in [0.717, 1.165) is 0 Å². The smallest absolute Gasteiger partial charge is 0.0586 e. The van der Waals surface area contributed by atoms with Gasteiger partial charge in [0, 0.05) is 27.3 Å². The molecule has 0 aliphatic heterocycles. The third-order valence-electron chi connectivity index (χ3n) is 2.43. The highest BCUT2D eigenvalue weighted by Crippen LogP contribution is 2.47. The fraction of sp³-hybridized carbons (Fsp3) is 1.00. The molecule has 0 amide bonds. The molecule has 0 saturated carbocycles. The van der Waals surface area contributed by atoms with E-state index in [2.05, 4.69) is 26.9 Å². The van der Waals surface area contributed by atoms with Gasteiger partial charge in [0.25, 0.3) is 0 Å². The zero-order valence-electron chi connectivity index (χ0n) is 10.5. The maximum absolute atomic E-state index is 2.45. The van der Waals surface area contributed by atoms with Crippen molar-refractivity contribution in [3.8, 4) is 0 Å². The quantitative estimate of drug-likeness (QED) is 0.469. The summed E-state index contributed by atoms with van der Waals surface area (Å²) in [6, 6.07) is 0. The van der Waals surface area contributed by atoms with Crippen LogP contribution in [0.3, 0.4) is 0 Å². The second-order valence-electron chi connectivity index (χ2n) is 5.14. The first-order valence-corrected chi connectivity index (χ1v) is 9.18.